The predicted octanol–water partition coefficient (Wildman–Crippen LogP) is 2.95. The lowest BCUT2D eigenvalue weighted by molar-refractivity contribution is -0.489. The third-order valence-corrected chi connectivity index (χ3v) is 3.00. The minimum Gasteiger partial charge on any atom is -0.308 e. The van der Waals surface area contributed by atoms with Crippen LogP contribution in [0.3, 0.4) is 0 Å². The van der Waals surface area contributed by atoms with E-state index >= 15 is 0 Å². The number of rotatable bonds is 5. The van der Waals surface area contributed by atoms with E-state index in [-0.39, 0.29) is 0 Å². The molecule has 0 aliphatic heterocycles. The Balaban J connectivity index is 3.51. The van der Waals surface area contributed by atoms with Gasteiger partial charge < -0.3 is 4.98 Å². The van der Waals surface area contributed by atoms with E-state index in [0.29, 0.717) is 4.98 Å². The zero-order valence-corrected chi connectivity index (χ0v) is 11.9. The molecule has 0 radical (unpaired) electrons. The van der Waals surface area contributed by atoms with Crippen LogP contribution in [0.15, 0.2) is 5.16 Å². The maximum Gasteiger partial charge on any atom is 0.462 e. The highest BCUT2D eigenvalue weighted by atomic mass is 32.3. The van der Waals surface area contributed by atoms with E-state index in [1.807, 2.05) is 9.84 Å². The Labute approximate surface area is 133 Å². The molecule has 1 aromatic heterocycles. The van der Waals surface area contributed by atoms with Crippen LogP contribution >= 0.6 is 0 Å². The second-order valence-corrected chi connectivity index (χ2v) is 5.46. The van der Waals surface area contributed by atoms with Gasteiger partial charge in [-0.25, -0.2) is 0 Å². The van der Waals surface area contributed by atoms with Gasteiger partial charge in [-0.05, 0) is 0 Å². The Morgan fingerprint density at radius 2 is 1.27 bits per heavy atom. The average Bonchev–Trinajstić information content (AvgIpc) is 2.84. The first-order chi connectivity index (χ1) is 11.2. The molecule has 0 aliphatic rings. The van der Waals surface area contributed by atoms with Crippen LogP contribution in [0, 0.1) is 0 Å². The Morgan fingerprint density at radius 1 is 0.808 bits per heavy atom. The van der Waals surface area contributed by atoms with Gasteiger partial charge in [0.2, 0.25) is 5.82 Å². The molecular formula is C7HF12N3O3S. The molecule has 0 fully saturated rings. The van der Waals surface area contributed by atoms with Crippen molar-refractivity contribution in [3.8, 4) is 0 Å². The van der Waals surface area contributed by atoms with Crippen molar-refractivity contribution in [1.29, 1.82) is 0 Å². The summed E-state index contributed by atoms with van der Waals surface area (Å²) < 4.78 is 174. The normalized spacial score (nSPS) is 17.2. The Bertz CT molecular complexity index is 768. The molecule has 6 nitrogen and oxygen atoms in total. The molecular weight excluding hydrogens is 434 g/mol. The lowest BCUT2D eigenvalue weighted by Gasteiger charge is -2.33. The quantitative estimate of drug-likeness (QED) is 0.568. The number of hydrogen-bond acceptors (Lipinski definition) is 5. The smallest absolute Gasteiger partial charge is 0.308 e. The number of ether oxygens (including phenoxy) is 1. The van der Waals surface area contributed by atoms with Crippen molar-refractivity contribution in [1.82, 2.24) is 15.2 Å². The highest BCUT2D eigenvalue weighted by molar-refractivity contribution is 7.86. The summed E-state index contributed by atoms with van der Waals surface area (Å²) in [5, 5.41) is 1.81. The van der Waals surface area contributed by atoms with E-state index in [1.165, 1.54) is 0 Å². The summed E-state index contributed by atoms with van der Waals surface area (Å²) in [7, 11) is -6.02. The second-order valence-electron chi connectivity index (χ2n) is 4.20. The fourth-order valence-corrected chi connectivity index (χ4v) is 1.50. The number of aromatic nitrogens is 3. The van der Waals surface area contributed by atoms with E-state index in [0.717, 1.165) is 0 Å². The lowest BCUT2D eigenvalue weighted by Crippen LogP contribution is -2.58. The van der Waals surface area contributed by atoms with Crippen LogP contribution in [0.5, 0.6) is 0 Å². The fourth-order valence-electron chi connectivity index (χ4n) is 1.15. The number of hydrogen-bond donors (Lipinski definition) is 1. The highest BCUT2D eigenvalue weighted by Gasteiger charge is 2.79. The first kappa shape index (κ1) is 22.3. The van der Waals surface area contributed by atoms with Gasteiger partial charge in [0.1, 0.15) is 0 Å². The van der Waals surface area contributed by atoms with Gasteiger partial charge in [0, 0.05) is 0 Å². The van der Waals surface area contributed by atoms with Crippen LogP contribution in [0.1, 0.15) is 5.82 Å². The molecule has 1 aromatic rings. The molecule has 1 atom stereocenters. The maximum absolute atomic E-state index is 13.9. The number of nitrogens with one attached hydrogen (secondary N) is 1. The number of aromatic amines is 1. The minimum absolute atomic E-state index is 0.548. The molecule has 1 N–H and O–H groups in total. The molecule has 0 aliphatic carbocycles. The first-order valence-electron chi connectivity index (χ1n) is 5.33. The van der Waals surface area contributed by atoms with Gasteiger partial charge in [-0.1, -0.05) is 3.89 Å². The number of H-pyrrole nitrogens is 1. The van der Waals surface area contributed by atoms with Crippen LogP contribution in [0.2, 0.25) is 0 Å². The Morgan fingerprint density at radius 3 is 1.58 bits per heavy atom. The molecule has 0 bridgehead atoms. The third kappa shape index (κ3) is 3.67. The Hall–Kier alpha value is -1.79. The third-order valence-electron chi connectivity index (χ3n) is 2.36. The molecule has 19 heteroatoms. The van der Waals surface area contributed by atoms with Crippen LogP contribution in [0.4, 0.5) is 52.2 Å². The van der Waals surface area contributed by atoms with Gasteiger partial charge in [0.25, 0.3) is 5.16 Å². The highest BCUT2D eigenvalue weighted by Crippen LogP contribution is 2.53. The monoisotopic (exact) mass is 435 g/mol. The molecule has 0 spiro atoms. The van der Waals surface area contributed by atoms with Gasteiger partial charge >= 0.3 is 40.5 Å². The lowest BCUT2D eigenvalue weighted by atomic mass is 10.2. The standard InChI is InChI=1S/C7HF12N3O3S/c8-3(5(11,12)13,1-20-2(22-21-1)26(19,23)24)25-7(17,18)4(9,10)6(14,15)16/h(H,20,21,22). The molecule has 0 saturated carbocycles. The molecule has 1 unspecified atom stereocenters. The van der Waals surface area contributed by atoms with Gasteiger partial charge in [-0.3, -0.25) is 4.74 Å². The summed E-state index contributed by atoms with van der Waals surface area (Å²) in [5.41, 5.74) is 0. The van der Waals surface area contributed by atoms with Crippen LogP contribution in [0.25, 0.3) is 0 Å². The number of alkyl halides is 11. The average molecular weight is 435 g/mol. The van der Waals surface area contributed by atoms with E-state index in [4.69, 9.17) is 0 Å². The molecule has 0 aromatic carbocycles. The topological polar surface area (TPSA) is 84.9 Å². The molecule has 152 valence electrons. The molecule has 26 heavy (non-hydrogen) atoms. The Kier molecular flexibility index (Phi) is 5.01. The fraction of sp³-hybridized carbons (Fsp3) is 0.714. The summed E-state index contributed by atoms with van der Waals surface area (Å²) >= 11 is 0. The largest absolute Gasteiger partial charge is 0.462 e. The molecule has 1 heterocycles. The second kappa shape index (κ2) is 5.86. The maximum atomic E-state index is 13.9. The van der Waals surface area contributed by atoms with E-state index < -0.39 is 51.4 Å². The van der Waals surface area contributed by atoms with Crippen molar-refractivity contribution in [2.75, 3.05) is 0 Å². The zero-order chi connectivity index (χ0) is 21.0. The van der Waals surface area contributed by atoms with E-state index in [2.05, 4.69) is 5.10 Å². The predicted molar refractivity (Wildman–Crippen MR) is 50.6 cm³/mol. The van der Waals surface area contributed by atoms with Crippen LogP contribution in [-0.4, -0.2) is 48.0 Å². The van der Waals surface area contributed by atoms with Crippen molar-refractivity contribution in [2.45, 2.75) is 35.4 Å². The number of halogens is 12. The van der Waals surface area contributed by atoms with Gasteiger partial charge in [-0.15, -0.1) is 10.2 Å². The summed E-state index contributed by atoms with van der Waals surface area (Å²) in [6.45, 7) is 0. The van der Waals surface area contributed by atoms with Crippen molar-refractivity contribution >= 4 is 10.2 Å². The minimum atomic E-state index is -7.32. The summed E-state index contributed by atoms with van der Waals surface area (Å²) in [6, 6.07) is 0. The van der Waals surface area contributed by atoms with Gasteiger partial charge in [-0.2, -0.15) is 56.7 Å². The van der Waals surface area contributed by atoms with Crippen molar-refractivity contribution in [2.24, 2.45) is 0 Å². The van der Waals surface area contributed by atoms with Crippen molar-refractivity contribution in [3.63, 3.8) is 0 Å². The van der Waals surface area contributed by atoms with Crippen LogP contribution < -0.4 is 0 Å². The molecule has 1 rings (SSSR count). The SMILES string of the molecule is O=S(=O)(F)c1nnc(C(F)(OC(F)(F)C(F)(F)C(F)(F)F)C(F)(F)F)[nH]1. The van der Waals surface area contributed by atoms with Gasteiger partial charge in [0.05, 0.1) is 0 Å². The first-order valence-corrected chi connectivity index (χ1v) is 6.71. The molecule has 0 amide bonds. The van der Waals surface area contributed by atoms with Crippen molar-refractivity contribution in [3.05, 3.63) is 5.82 Å². The zero-order valence-electron chi connectivity index (χ0n) is 11.1. The van der Waals surface area contributed by atoms with Crippen molar-refractivity contribution < 1.29 is 65.3 Å². The van der Waals surface area contributed by atoms with Crippen LogP contribution in [-0.2, 0) is 20.8 Å². The van der Waals surface area contributed by atoms with E-state index in [9.17, 15) is 60.6 Å². The number of nitrogens with zero attached hydrogens (tertiary/aromatic N) is 2. The summed E-state index contributed by atoms with van der Waals surface area (Å²) in [6.07, 6.45) is -21.2. The van der Waals surface area contributed by atoms with E-state index in [1.54, 1.807) is 0 Å². The summed E-state index contributed by atoms with van der Waals surface area (Å²) in [4.78, 5) is 0.548. The molecule has 0 saturated heterocycles. The van der Waals surface area contributed by atoms with Gasteiger partial charge in [0.15, 0.2) is 0 Å². The summed E-state index contributed by atoms with van der Waals surface area (Å²) in [5.74, 6) is -16.4.